The van der Waals surface area contributed by atoms with Crippen LogP contribution in [0.2, 0.25) is 0 Å². The van der Waals surface area contributed by atoms with Crippen molar-refractivity contribution in [2.75, 3.05) is 11.4 Å². The van der Waals surface area contributed by atoms with Crippen molar-refractivity contribution in [2.24, 2.45) is 13.0 Å². The van der Waals surface area contributed by atoms with Crippen LogP contribution in [0.1, 0.15) is 42.1 Å². The van der Waals surface area contributed by atoms with Crippen molar-refractivity contribution in [2.45, 2.75) is 39.2 Å². The van der Waals surface area contributed by atoms with E-state index in [1.54, 1.807) is 11.6 Å². The Morgan fingerprint density at radius 1 is 1.30 bits per heavy atom. The molecule has 2 aliphatic rings. The Labute approximate surface area is 134 Å². The molecule has 2 aromatic rings. The fraction of sp³-hybridized carbons (Fsp3) is 0.500. The summed E-state index contributed by atoms with van der Waals surface area (Å²) in [7, 11) is 1.78. The third-order valence-corrected chi connectivity index (χ3v) is 5.35. The molecule has 1 saturated heterocycles. The summed E-state index contributed by atoms with van der Waals surface area (Å²) in [6, 6.07) is 4.15. The maximum atomic E-state index is 12.8. The Morgan fingerprint density at radius 2 is 2.09 bits per heavy atom. The SMILES string of the molecule is CC(=O)c1cc(C)cc2c(=O)n(C)c(N3CC4CCC3C4)nc12. The molecule has 1 aliphatic heterocycles. The number of Topliss-reactive ketones (excluding diaryl/α,β-unsaturated/α-hetero) is 1. The van der Waals surface area contributed by atoms with Crippen molar-refractivity contribution >= 4 is 22.6 Å². The van der Waals surface area contributed by atoms with Crippen molar-refractivity contribution in [1.29, 1.82) is 0 Å². The number of hydrogen-bond donors (Lipinski definition) is 0. The average molecular weight is 311 g/mol. The molecule has 2 fully saturated rings. The highest BCUT2D eigenvalue weighted by molar-refractivity contribution is 6.05. The number of fused-ring (bicyclic) bond motifs is 3. The van der Waals surface area contributed by atoms with Gasteiger partial charge >= 0.3 is 0 Å². The predicted octanol–water partition coefficient (Wildman–Crippen LogP) is 2.43. The van der Waals surface area contributed by atoms with Crippen molar-refractivity contribution in [3.05, 3.63) is 33.6 Å². The molecule has 2 heterocycles. The summed E-state index contributed by atoms with van der Waals surface area (Å²) in [6.45, 7) is 4.40. The van der Waals surface area contributed by atoms with Crippen LogP contribution in [-0.4, -0.2) is 27.9 Å². The lowest BCUT2D eigenvalue weighted by atomic mass is 10.0. The maximum absolute atomic E-state index is 12.8. The molecule has 2 unspecified atom stereocenters. The van der Waals surface area contributed by atoms with E-state index in [9.17, 15) is 9.59 Å². The topological polar surface area (TPSA) is 55.2 Å². The summed E-state index contributed by atoms with van der Waals surface area (Å²) in [5.41, 5.74) is 1.93. The molecule has 1 aromatic heterocycles. The van der Waals surface area contributed by atoms with Crippen molar-refractivity contribution in [3.63, 3.8) is 0 Å². The molecule has 0 spiro atoms. The zero-order valence-corrected chi connectivity index (χ0v) is 13.8. The predicted molar refractivity (Wildman–Crippen MR) is 90.2 cm³/mol. The van der Waals surface area contributed by atoms with Gasteiger partial charge in [-0.15, -0.1) is 0 Å². The fourth-order valence-electron chi connectivity index (χ4n) is 4.20. The minimum atomic E-state index is -0.0704. The van der Waals surface area contributed by atoms with E-state index in [0.29, 0.717) is 28.5 Å². The first-order valence-corrected chi connectivity index (χ1v) is 8.24. The highest BCUT2D eigenvalue weighted by Gasteiger charge is 2.39. The van der Waals surface area contributed by atoms with E-state index < -0.39 is 0 Å². The standard InChI is InChI=1S/C18H21N3O2/c1-10-6-14(11(2)22)16-15(7-10)17(23)20(3)18(19-16)21-9-12-4-5-13(21)8-12/h6-7,12-13H,4-5,8-9H2,1-3H3. The molecular formula is C18H21N3O2. The maximum Gasteiger partial charge on any atom is 0.262 e. The van der Waals surface area contributed by atoms with Gasteiger partial charge in [0.25, 0.3) is 5.56 Å². The molecule has 23 heavy (non-hydrogen) atoms. The summed E-state index contributed by atoms with van der Waals surface area (Å²) in [6.07, 6.45) is 3.65. The average Bonchev–Trinajstić information content (AvgIpc) is 3.13. The molecule has 0 radical (unpaired) electrons. The minimum absolute atomic E-state index is 0.0478. The third kappa shape index (κ3) is 2.10. The molecule has 5 heteroatoms. The van der Waals surface area contributed by atoms with E-state index >= 15 is 0 Å². The number of anilines is 1. The Kier molecular flexibility index (Phi) is 3.08. The number of benzene rings is 1. The van der Waals surface area contributed by atoms with Gasteiger partial charge in [0.1, 0.15) is 0 Å². The zero-order valence-electron chi connectivity index (χ0n) is 13.8. The van der Waals surface area contributed by atoms with Crippen LogP contribution in [0.25, 0.3) is 10.9 Å². The van der Waals surface area contributed by atoms with Gasteiger partial charge in [-0.3, -0.25) is 14.2 Å². The molecule has 1 aliphatic carbocycles. The largest absolute Gasteiger partial charge is 0.339 e. The Morgan fingerprint density at radius 3 is 2.70 bits per heavy atom. The molecule has 0 amide bonds. The number of nitrogens with zero attached hydrogens (tertiary/aromatic N) is 3. The second kappa shape index (κ2) is 4.91. The van der Waals surface area contributed by atoms with E-state index in [-0.39, 0.29) is 11.3 Å². The fourth-order valence-corrected chi connectivity index (χ4v) is 4.20. The molecule has 1 aromatic carbocycles. The van der Waals surface area contributed by atoms with Crippen LogP contribution < -0.4 is 10.5 Å². The van der Waals surface area contributed by atoms with Crippen LogP contribution in [0.15, 0.2) is 16.9 Å². The molecule has 120 valence electrons. The van der Waals surface area contributed by atoms with Crippen LogP contribution in [0.4, 0.5) is 5.95 Å². The molecule has 2 atom stereocenters. The first kappa shape index (κ1) is 14.4. The van der Waals surface area contributed by atoms with Crippen LogP contribution in [0.3, 0.4) is 0 Å². The number of aromatic nitrogens is 2. The van der Waals surface area contributed by atoms with Crippen LogP contribution in [0.5, 0.6) is 0 Å². The number of aryl methyl sites for hydroxylation is 1. The normalized spacial score (nSPS) is 23.0. The van der Waals surface area contributed by atoms with Gasteiger partial charge in [-0.1, -0.05) is 0 Å². The Bertz CT molecular complexity index is 884. The lowest BCUT2D eigenvalue weighted by Crippen LogP contribution is -2.37. The van der Waals surface area contributed by atoms with Gasteiger partial charge in [-0.25, -0.2) is 4.98 Å². The van der Waals surface area contributed by atoms with Gasteiger partial charge < -0.3 is 4.90 Å². The molecular weight excluding hydrogens is 290 g/mol. The first-order chi connectivity index (χ1) is 11.0. The first-order valence-electron chi connectivity index (χ1n) is 8.24. The summed E-state index contributed by atoms with van der Waals surface area (Å²) < 4.78 is 1.65. The van der Waals surface area contributed by atoms with E-state index in [1.807, 2.05) is 19.1 Å². The number of carbonyl (C=O) groups excluding carboxylic acids is 1. The summed E-state index contributed by atoms with van der Waals surface area (Å²) in [5.74, 6) is 1.38. The van der Waals surface area contributed by atoms with Gasteiger partial charge in [0.15, 0.2) is 5.78 Å². The number of carbonyl (C=O) groups is 1. The van der Waals surface area contributed by atoms with Gasteiger partial charge in [-0.05, 0) is 56.7 Å². The second-order valence-electron chi connectivity index (χ2n) is 7.03. The van der Waals surface area contributed by atoms with Crippen LogP contribution >= 0.6 is 0 Å². The lowest BCUT2D eigenvalue weighted by Gasteiger charge is -2.29. The van der Waals surface area contributed by atoms with Crippen LogP contribution in [0, 0.1) is 12.8 Å². The third-order valence-electron chi connectivity index (χ3n) is 5.35. The monoisotopic (exact) mass is 311 g/mol. The van der Waals surface area contributed by atoms with E-state index in [1.165, 1.54) is 26.2 Å². The van der Waals surface area contributed by atoms with Gasteiger partial charge in [0.2, 0.25) is 5.95 Å². The minimum Gasteiger partial charge on any atom is -0.339 e. The van der Waals surface area contributed by atoms with Crippen molar-refractivity contribution in [1.82, 2.24) is 9.55 Å². The highest BCUT2D eigenvalue weighted by atomic mass is 16.1. The van der Waals surface area contributed by atoms with Crippen molar-refractivity contribution in [3.8, 4) is 0 Å². The number of ketones is 1. The molecule has 4 rings (SSSR count). The van der Waals surface area contributed by atoms with Crippen LogP contribution in [-0.2, 0) is 7.05 Å². The smallest absolute Gasteiger partial charge is 0.262 e. The summed E-state index contributed by atoms with van der Waals surface area (Å²) >= 11 is 0. The van der Waals surface area contributed by atoms with Gasteiger partial charge in [0.05, 0.1) is 10.9 Å². The van der Waals surface area contributed by atoms with E-state index in [0.717, 1.165) is 18.0 Å². The van der Waals surface area contributed by atoms with Gasteiger partial charge in [0, 0.05) is 25.2 Å². The lowest BCUT2D eigenvalue weighted by molar-refractivity contribution is 0.101. The molecule has 1 saturated carbocycles. The highest BCUT2D eigenvalue weighted by Crippen LogP contribution is 2.39. The van der Waals surface area contributed by atoms with Gasteiger partial charge in [-0.2, -0.15) is 0 Å². The molecule has 5 nitrogen and oxygen atoms in total. The molecule has 2 bridgehead atoms. The number of piperidine rings is 1. The zero-order chi connectivity index (χ0) is 16.3. The number of rotatable bonds is 2. The number of hydrogen-bond acceptors (Lipinski definition) is 4. The summed E-state index contributed by atoms with van der Waals surface area (Å²) in [5, 5.41) is 0.533. The van der Waals surface area contributed by atoms with Crippen molar-refractivity contribution < 1.29 is 4.79 Å². The second-order valence-corrected chi connectivity index (χ2v) is 7.03. The Balaban J connectivity index is 1.98. The summed E-state index contributed by atoms with van der Waals surface area (Å²) in [4.78, 5) is 31.9. The molecule has 0 N–H and O–H groups in total. The van der Waals surface area contributed by atoms with E-state index in [2.05, 4.69) is 4.90 Å². The quantitative estimate of drug-likeness (QED) is 0.799. The Hall–Kier alpha value is -2.17. The van der Waals surface area contributed by atoms with E-state index in [4.69, 9.17) is 4.98 Å².